The van der Waals surface area contributed by atoms with Gasteiger partial charge < -0.3 is 4.74 Å². The zero-order chi connectivity index (χ0) is 14.7. The van der Waals surface area contributed by atoms with E-state index >= 15 is 0 Å². The molecule has 118 valence electrons. The van der Waals surface area contributed by atoms with E-state index in [0.29, 0.717) is 27.9 Å². The molecule has 0 radical (unpaired) electrons. The molecule has 0 aromatic heterocycles. The third-order valence-corrected chi connectivity index (χ3v) is 6.97. The first kappa shape index (κ1) is 14.2. The summed E-state index contributed by atoms with van der Waals surface area (Å²) in [5.74, 6) is 1.76. The van der Waals surface area contributed by atoms with Crippen LogP contribution in [-0.4, -0.2) is 19.0 Å². The molecule has 0 spiro atoms. The molecule has 4 aliphatic carbocycles. The van der Waals surface area contributed by atoms with Crippen LogP contribution in [0.15, 0.2) is 0 Å². The van der Waals surface area contributed by atoms with E-state index in [1.54, 1.807) is 0 Å². The van der Waals surface area contributed by atoms with E-state index in [-0.39, 0.29) is 0 Å². The quantitative estimate of drug-likeness (QED) is 0.771. The fourth-order valence-electron chi connectivity index (χ4n) is 7.41. The summed E-state index contributed by atoms with van der Waals surface area (Å²) in [4.78, 5) is 12.8. The van der Waals surface area contributed by atoms with E-state index in [4.69, 9.17) is 4.74 Å². The van der Waals surface area contributed by atoms with Crippen molar-refractivity contribution < 1.29 is 9.53 Å². The van der Waals surface area contributed by atoms with E-state index in [2.05, 4.69) is 13.8 Å². The average molecular weight is 290 g/mol. The van der Waals surface area contributed by atoms with Crippen LogP contribution in [0.1, 0.15) is 71.6 Å². The zero-order valence-corrected chi connectivity index (χ0v) is 13.7. The number of hydrogen-bond acceptors (Lipinski definition) is 2. The van der Waals surface area contributed by atoms with Gasteiger partial charge in [-0.15, -0.1) is 0 Å². The third kappa shape index (κ3) is 2.48. The van der Waals surface area contributed by atoms with E-state index in [9.17, 15) is 4.79 Å². The van der Waals surface area contributed by atoms with E-state index in [1.807, 2.05) is 0 Å². The molecule has 1 aliphatic heterocycles. The van der Waals surface area contributed by atoms with Crippen LogP contribution in [0.3, 0.4) is 0 Å². The van der Waals surface area contributed by atoms with Crippen molar-refractivity contribution in [3.05, 3.63) is 0 Å². The maximum atomic E-state index is 12.8. The van der Waals surface area contributed by atoms with E-state index in [0.717, 1.165) is 38.4 Å². The molecule has 4 bridgehead atoms. The van der Waals surface area contributed by atoms with Gasteiger partial charge in [-0.1, -0.05) is 13.8 Å². The number of carbonyl (C=O) groups is 1. The van der Waals surface area contributed by atoms with E-state index < -0.39 is 0 Å². The van der Waals surface area contributed by atoms with Crippen molar-refractivity contribution >= 4 is 5.78 Å². The second-order valence-corrected chi connectivity index (χ2v) is 9.66. The Balaban J connectivity index is 1.52. The summed E-state index contributed by atoms with van der Waals surface area (Å²) in [6.45, 7) is 6.59. The summed E-state index contributed by atoms with van der Waals surface area (Å²) < 4.78 is 5.42. The Kier molecular flexibility index (Phi) is 3.10. The molecule has 5 fully saturated rings. The molecular weight excluding hydrogens is 260 g/mol. The molecule has 21 heavy (non-hydrogen) atoms. The first-order valence-electron chi connectivity index (χ1n) is 9.00. The number of hydrogen-bond donors (Lipinski definition) is 0. The predicted octanol–water partition coefficient (Wildman–Crippen LogP) is 4.37. The van der Waals surface area contributed by atoms with Crippen LogP contribution in [0.5, 0.6) is 0 Å². The Bertz CT molecular complexity index is 430. The second kappa shape index (κ2) is 4.57. The van der Waals surface area contributed by atoms with Gasteiger partial charge in [-0.3, -0.25) is 4.79 Å². The number of ketones is 1. The lowest BCUT2D eigenvalue weighted by Gasteiger charge is -2.65. The molecule has 0 N–H and O–H groups in total. The second-order valence-electron chi connectivity index (χ2n) is 9.66. The van der Waals surface area contributed by atoms with Gasteiger partial charge in [0.05, 0.1) is 0 Å². The molecule has 4 saturated carbocycles. The Labute approximate surface area is 129 Å². The fourth-order valence-corrected chi connectivity index (χ4v) is 7.41. The fraction of sp³-hybridized carbons (Fsp3) is 0.947. The van der Waals surface area contributed by atoms with Crippen LogP contribution in [0.2, 0.25) is 0 Å². The van der Waals surface area contributed by atoms with Crippen molar-refractivity contribution in [1.82, 2.24) is 0 Å². The topological polar surface area (TPSA) is 26.3 Å². The van der Waals surface area contributed by atoms with Gasteiger partial charge in [-0.05, 0) is 73.5 Å². The van der Waals surface area contributed by atoms with Crippen LogP contribution >= 0.6 is 0 Å². The molecule has 5 rings (SSSR count). The number of ether oxygens (including phenoxy) is 1. The first-order valence-corrected chi connectivity index (χ1v) is 9.00. The van der Waals surface area contributed by atoms with Gasteiger partial charge in [-0.2, -0.15) is 0 Å². The minimum absolute atomic E-state index is 0.298. The summed E-state index contributed by atoms with van der Waals surface area (Å²) in [6, 6.07) is 0. The van der Waals surface area contributed by atoms with Crippen molar-refractivity contribution in [3.63, 3.8) is 0 Å². The van der Waals surface area contributed by atoms with E-state index in [1.165, 1.54) is 38.5 Å². The smallest absolute Gasteiger partial charge is 0.136 e. The molecule has 1 saturated heterocycles. The normalized spacial score (nSPS) is 49.5. The van der Waals surface area contributed by atoms with Gasteiger partial charge in [0, 0.05) is 25.6 Å². The summed E-state index contributed by atoms with van der Waals surface area (Å²) >= 11 is 0. The standard InChI is InChI=1S/C19H30O2/c1-17-7-14-8-18(2,11-17)13-19(9-14,12-17)10-16(20)15-3-5-21-6-4-15/h14-15H,3-13H2,1-2H3. The number of carbonyl (C=O) groups excluding carboxylic acids is 1. The van der Waals surface area contributed by atoms with Crippen molar-refractivity contribution in [2.45, 2.75) is 71.6 Å². The van der Waals surface area contributed by atoms with Gasteiger partial charge in [0.1, 0.15) is 5.78 Å². The van der Waals surface area contributed by atoms with Crippen molar-refractivity contribution in [2.24, 2.45) is 28.1 Å². The predicted molar refractivity (Wildman–Crippen MR) is 83.0 cm³/mol. The highest BCUT2D eigenvalue weighted by Gasteiger charge is 2.60. The van der Waals surface area contributed by atoms with Crippen LogP contribution in [0.25, 0.3) is 0 Å². The SMILES string of the molecule is CC12CC3CC(C)(C1)CC(CC(=O)C1CCOCC1)(C3)C2. The molecule has 1 heterocycles. The minimum atomic E-state index is 0.298. The Morgan fingerprint density at radius 3 is 2.19 bits per heavy atom. The van der Waals surface area contributed by atoms with Gasteiger partial charge in [0.2, 0.25) is 0 Å². The highest BCUT2D eigenvalue weighted by molar-refractivity contribution is 5.81. The Morgan fingerprint density at radius 2 is 1.62 bits per heavy atom. The van der Waals surface area contributed by atoms with Crippen LogP contribution < -0.4 is 0 Å². The Morgan fingerprint density at radius 1 is 1.00 bits per heavy atom. The summed E-state index contributed by atoms with van der Waals surface area (Å²) in [5, 5.41) is 0. The molecular formula is C19H30O2. The third-order valence-electron chi connectivity index (χ3n) is 6.97. The van der Waals surface area contributed by atoms with Crippen molar-refractivity contribution in [1.29, 1.82) is 0 Å². The number of Topliss-reactive ketones (excluding diaryl/α,β-unsaturated/α-hetero) is 1. The Hall–Kier alpha value is -0.370. The largest absolute Gasteiger partial charge is 0.381 e. The van der Waals surface area contributed by atoms with Crippen molar-refractivity contribution in [3.8, 4) is 0 Å². The molecule has 5 aliphatic rings. The first-order chi connectivity index (χ1) is 9.90. The van der Waals surface area contributed by atoms with Crippen LogP contribution in [-0.2, 0) is 9.53 Å². The van der Waals surface area contributed by atoms with Crippen molar-refractivity contribution in [2.75, 3.05) is 13.2 Å². The molecule has 0 amide bonds. The molecule has 2 atom stereocenters. The summed E-state index contributed by atoms with van der Waals surface area (Å²) in [6.07, 6.45) is 11.0. The number of rotatable bonds is 3. The lowest BCUT2D eigenvalue weighted by molar-refractivity contribution is -0.158. The highest BCUT2D eigenvalue weighted by Crippen LogP contribution is 2.70. The maximum absolute atomic E-state index is 12.8. The maximum Gasteiger partial charge on any atom is 0.136 e. The molecule has 2 heteroatoms. The van der Waals surface area contributed by atoms with Gasteiger partial charge >= 0.3 is 0 Å². The van der Waals surface area contributed by atoms with Gasteiger partial charge in [0.15, 0.2) is 0 Å². The summed E-state index contributed by atoms with van der Waals surface area (Å²) in [5.41, 5.74) is 1.42. The molecule has 2 unspecified atom stereocenters. The van der Waals surface area contributed by atoms with Gasteiger partial charge in [-0.25, -0.2) is 0 Å². The average Bonchev–Trinajstić information content (AvgIpc) is 2.34. The summed E-state index contributed by atoms with van der Waals surface area (Å²) in [7, 11) is 0. The lowest BCUT2D eigenvalue weighted by Crippen LogP contribution is -2.55. The molecule has 0 aromatic carbocycles. The zero-order valence-electron chi connectivity index (χ0n) is 13.7. The molecule has 0 aromatic rings. The molecule has 2 nitrogen and oxygen atoms in total. The van der Waals surface area contributed by atoms with Crippen LogP contribution in [0, 0.1) is 28.1 Å². The van der Waals surface area contributed by atoms with Gasteiger partial charge in [0.25, 0.3) is 0 Å². The minimum Gasteiger partial charge on any atom is -0.381 e. The monoisotopic (exact) mass is 290 g/mol. The highest BCUT2D eigenvalue weighted by atomic mass is 16.5. The van der Waals surface area contributed by atoms with Crippen LogP contribution in [0.4, 0.5) is 0 Å². The lowest BCUT2D eigenvalue weighted by atomic mass is 9.39.